The second kappa shape index (κ2) is 6.21. The normalized spacial score (nSPS) is 11.9. The maximum absolute atomic E-state index is 11.0. The largest absolute Gasteiger partial charge is 0.480 e. The summed E-state index contributed by atoms with van der Waals surface area (Å²) in [6.07, 6.45) is 4.73. The molecule has 2 rings (SSSR count). The van der Waals surface area contributed by atoms with E-state index in [1.165, 1.54) is 13.3 Å². The Bertz CT molecular complexity index is 576. The first kappa shape index (κ1) is 13.4. The monoisotopic (exact) mass is 279 g/mol. The molecule has 2 aromatic heterocycles. The molecular formula is C11H13N5O2S. The molecule has 0 aliphatic heterocycles. The van der Waals surface area contributed by atoms with Gasteiger partial charge in [-0.2, -0.15) is 4.98 Å². The van der Waals surface area contributed by atoms with E-state index in [2.05, 4.69) is 20.3 Å². The standard InChI is InChI=1S/C11H13N5O2S/c1-18-10-7-13-6-9(16-10)14-4-8-2-3-11(15-5-8)19(12)17/h2-3,5-7H,4,12H2,1H3,(H,14,16). The summed E-state index contributed by atoms with van der Waals surface area (Å²) in [5.41, 5.74) is 0.916. The minimum Gasteiger partial charge on any atom is -0.480 e. The maximum atomic E-state index is 11.0. The predicted molar refractivity (Wildman–Crippen MR) is 70.7 cm³/mol. The van der Waals surface area contributed by atoms with Gasteiger partial charge in [-0.05, 0) is 11.6 Å². The van der Waals surface area contributed by atoms with Gasteiger partial charge in [0.2, 0.25) is 5.88 Å². The number of hydrogen-bond donors (Lipinski definition) is 2. The van der Waals surface area contributed by atoms with Crippen LogP contribution in [0.5, 0.6) is 5.88 Å². The molecule has 1 unspecified atom stereocenters. The molecule has 19 heavy (non-hydrogen) atoms. The Labute approximate surface area is 112 Å². The molecule has 2 aromatic rings. The maximum Gasteiger partial charge on any atom is 0.233 e. The van der Waals surface area contributed by atoms with Crippen molar-refractivity contribution >= 4 is 16.8 Å². The number of nitrogens with two attached hydrogens (primary N) is 1. The van der Waals surface area contributed by atoms with Gasteiger partial charge in [-0.1, -0.05) is 6.07 Å². The lowest BCUT2D eigenvalue weighted by Gasteiger charge is -2.06. The summed E-state index contributed by atoms with van der Waals surface area (Å²) in [7, 11) is -0.0208. The van der Waals surface area contributed by atoms with Crippen LogP contribution in [0.25, 0.3) is 0 Å². The summed E-state index contributed by atoms with van der Waals surface area (Å²) < 4.78 is 16.0. The molecule has 0 amide bonds. The SMILES string of the molecule is COc1cncc(NCc2ccc(S(N)=O)nc2)n1. The van der Waals surface area contributed by atoms with E-state index in [-0.39, 0.29) is 0 Å². The van der Waals surface area contributed by atoms with Crippen molar-refractivity contribution in [2.24, 2.45) is 5.14 Å². The Balaban J connectivity index is 1.99. The summed E-state index contributed by atoms with van der Waals surface area (Å²) in [6.45, 7) is 0.520. The van der Waals surface area contributed by atoms with Gasteiger partial charge in [0.05, 0.1) is 19.5 Å². The van der Waals surface area contributed by atoms with E-state index in [1.807, 2.05) is 0 Å². The molecule has 7 nitrogen and oxygen atoms in total. The van der Waals surface area contributed by atoms with Gasteiger partial charge in [0.1, 0.15) is 21.8 Å². The third kappa shape index (κ3) is 3.70. The zero-order valence-electron chi connectivity index (χ0n) is 10.2. The second-order valence-corrected chi connectivity index (χ2v) is 4.62. The van der Waals surface area contributed by atoms with Gasteiger partial charge in [0, 0.05) is 12.7 Å². The predicted octanol–water partition coefficient (Wildman–Crippen LogP) is 0.474. The van der Waals surface area contributed by atoms with Gasteiger partial charge in [-0.15, -0.1) is 0 Å². The quantitative estimate of drug-likeness (QED) is 0.825. The Morgan fingerprint density at radius 1 is 1.37 bits per heavy atom. The van der Waals surface area contributed by atoms with Crippen molar-refractivity contribution in [3.8, 4) is 5.88 Å². The van der Waals surface area contributed by atoms with Crippen LogP contribution in [-0.2, 0) is 17.5 Å². The van der Waals surface area contributed by atoms with Gasteiger partial charge < -0.3 is 10.1 Å². The first-order valence-corrected chi connectivity index (χ1v) is 6.61. The molecule has 100 valence electrons. The number of methoxy groups -OCH3 is 1. The van der Waals surface area contributed by atoms with Gasteiger partial charge >= 0.3 is 0 Å². The fourth-order valence-electron chi connectivity index (χ4n) is 1.36. The van der Waals surface area contributed by atoms with Crippen molar-refractivity contribution in [3.05, 3.63) is 36.3 Å². The lowest BCUT2D eigenvalue weighted by Crippen LogP contribution is -2.07. The highest BCUT2D eigenvalue weighted by Gasteiger charge is 2.01. The van der Waals surface area contributed by atoms with Crippen LogP contribution in [0.2, 0.25) is 0 Å². The van der Waals surface area contributed by atoms with Crippen molar-refractivity contribution in [2.75, 3.05) is 12.4 Å². The second-order valence-electron chi connectivity index (χ2n) is 3.60. The Morgan fingerprint density at radius 2 is 2.21 bits per heavy atom. The lowest BCUT2D eigenvalue weighted by atomic mass is 10.3. The van der Waals surface area contributed by atoms with Crippen LogP contribution in [0.15, 0.2) is 35.7 Å². The summed E-state index contributed by atoms with van der Waals surface area (Å²) in [6, 6.07) is 3.43. The molecule has 0 saturated heterocycles. The highest BCUT2D eigenvalue weighted by Crippen LogP contribution is 2.10. The van der Waals surface area contributed by atoms with Gasteiger partial charge in [0.25, 0.3) is 0 Å². The highest BCUT2D eigenvalue weighted by atomic mass is 32.2. The molecule has 8 heteroatoms. The molecule has 3 N–H and O–H groups in total. The molecule has 0 radical (unpaired) electrons. The lowest BCUT2D eigenvalue weighted by molar-refractivity contribution is 0.396. The summed E-state index contributed by atoms with van der Waals surface area (Å²) >= 11 is 0. The summed E-state index contributed by atoms with van der Waals surface area (Å²) in [4.78, 5) is 12.1. The van der Waals surface area contributed by atoms with Crippen molar-refractivity contribution in [1.29, 1.82) is 0 Å². The molecule has 0 aliphatic rings. The molecule has 2 heterocycles. The van der Waals surface area contributed by atoms with Crippen molar-refractivity contribution in [1.82, 2.24) is 15.0 Å². The number of hydrogen-bond acceptors (Lipinski definition) is 6. The molecule has 0 fully saturated rings. The van der Waals surface area contributed by atoms with E-state index < -0.39 is 11.0 Å². The Hall–Kier alpha value is -2.06. The number of nitrogens with one attached hydrogen (secondary N) is 1. The first-order chi connectivity index (χ1) is 9.19. The number of pyridine rings is 1. The van der Waals surface area contributed by atoms with E-state index >= 15 is 0 Å². The van der Waals surface area contributed by atoms with E-state index in [1.54, 1.807) is 24.5 Å². The smallest absolute Gasteiger partial charge is 0.233 e. The average Bonchev–Trinajstić information content (AvgIpc) is 2.46. The number of nitrogens with zero attached hydrogens (tertiary/aromatic N) is 3. The van der Waals surface area contributed by atoms with Crippen LogP contribution >= 0.6 is 0 Å². The van der Waals surface area contributed by atoms with E-state index in [0.717, 1.165) is 5.56 Å². The highest BCUT2D eigenvalue weighted by molar-refractivity contribution is 7.82. The van der Waals surface area contributed by atoms with Gasteiger partial charge in [-0.25, -0.2) is 14.3 Å². The average molecular weight is 279 g/mol. The molecule has 0 aromatic carbocycles. The van der Waals surface area contributed by atoms with Crippen LogP contribution in [-0.4, -0.2) is 26.3 Å². The fraction of sp³-hybridized carbons (Fsp3) is 0.182. The minimum absolute atomic E-state index is 0.352. The molecule has 1 atom stereocenters. The Morgan fingerprint density at radius 3 is 2.84 bits per heavy atom. The number of anilines is 1. The molecule has 0 bridgehead atoms. The van der Waals surface area contributed by atoms with Crippen molar-refractivity contribution in [2.45, 2.75) is 11.6 Å². The van der Waals surface area contributed by atoms with Crippen molar-refractivity contribution in [3.63, 3.8) is 0 Å². The Kier molecular flexibility index (Phi) is 4.37. The van der Waals surface area contributed by atoms with Crippen LogP contribution < -0.4 is 15.2 Å². The zero-order chi connectivity index (χ0) is 13.7. The molecule has 0 aliphatic carbocycles. The van der Waals surface area contributed by atoms with Crippen LogP contribution in [0.3, 0.4) is 0 Å². The number of aromatic nitrogens is 3. The third-order valence-corrected chi connectivity index (χ3v) is 2.95. The minimum atomic E-state index is -1.55. The van der Waals surface area contributed by atoms with Crippen LogP contribution in [0.4, 0.5) is 5.82 Å². The zero-order valence-corrected chi connectivity index (χ0v) is 11.1. The van der Waals surface area contributed by atoms with E-state index in [0.29, 0.717) is 23.3 Å². The third-order valence-electron chi connectivity index (χ3n) is 2.30. The first-order valence-electron chi connectivity index (χ1n) is 5.40. The fourth-order valence-corrected chi connectivity index (χ4v) is 1.72. The van der Waals surface area contributed by atoms with Crippen LogP contribution in [0.1, 0.15) is 5.56 Å². The van der Waals surface area contributed by atoms with Gasteiger partial charge in [0.15, 0.2) is 0 Å². The number of rotatable bonds is 5. The van der Waals surface area contributed by atoms with E-state index in [4.69, 9.17) is 9.88 Å². The molecule has 0 saturated carbocycles. The van der Waals surface area contributed by atoms with Crippen molar-refractivity contribution < 1.29 is 8.95 Å². The molecular weight excluding hydrogens is 266 g/mol. The van der Waals surface area contributed by atoms with E-state index in [9.17, 15) is 4.21 Å². The topological polar surface area (TPSA) is 103 Å². The number of ether oxygens (including phenoxy) is 1. The summed E-state index contributed by atoms with van der Waals surface area (Å²) in [5, 5.41) is 8.66. The van der Waals surface area contributed by atoms with Crippen LogP contribution in [0, 0.1) is 0 Å². The summed E-state index contributed by atoms with van der Waals surface area (Å²) in [5.74, 6) is 1.04. The van der Waals surface area contributed by atoms with Gasteiger partial charge in [-0.3, -0.25) is 4.98 Å². The molecule has 0 spiro atoms.